The number of carboxylic acid groups (broad SMARTS) is 2. The number of carbonyl (C=O) groups is 2. The van der Waals surface area contributed by atoms with Crippen LogP contribution in [0.4, 0.5) is 0 Å². The van der Waals surface area contributed by atoms with Gasteiger partial charge in [0, 0.05) is 10.4 Å². The van der Waals surface area contributed by atoms with E-state index in [0.29, 0.717) is 22.6 Å². The number of hydrogen-bond acceptors (Lipinski definition) is 2. The van der Waals surface area contributed by atoms with Gasteiger partial charge in [-0.3, -0.25) is 4.79 Å². The normalized spacial score (nSPS) is 21.9. The second-order valence-corrected chi connectivity index (χ2v) is 7.37. The molecule has 1 aliphatic rings. The van der Waals surface area contributed by atoms with E-state index in [0.717, 1.165) is 5.56 Å². The molecule has 0 aliphatic heterocycles. The zero-order valence-corrected chi connectivity index (χ0v) is 15.5. The molecule has 2 unspecified atom stereocenters. The van der Waals surface area contributed by atoms with Crippen molar-refractivity contribution < 1.29 is 19.8 Å². The molecule has 1 aliphatic carbocycles. The number of aliphatic carboxylic acids is 2. The minimum atomic E-state index is -1.16. The smallest absolute Gasteiger partial charge is 0.336 e. The van der Waals surface area contributed by atoms with Crippen molar-refractivity contribution in [2.24, 2.45) is 11.3 Å². The molecule has 4 nitrogen and oxygen atoms in total. The molecule has 0 amide bonds. The summed E-state index contributed by atoms with van der Waals surface area (Å²) in [5.74, 6) is -3.16. The van der Waals surface area contributed by atoms with E-state index in [-0.39, 0.29) is 5.57 Å². The first kappa shape index (κ1) is 18.9. The van der Waals surface area contributed by atoms with E-state index in [4.69, 9.17) is 11.6 Å². The van der Waals surface area contributed by atoms with Crippen LogP contribution in [0.1, 0.15) is 18.1 Å². The van der Waals surface area contributed by atoms with Crippen LogP contribution >= 0.6 is 11.6 Å². The Labute approximate surface area is 162 Å². The third kappa shape index (κ3) is 3.96. The van der Waals surface area contributed by atoms with Crippen LogP contribution in [0.3, 0.4) is 0 Å². The van der Waals surface area contributed by atoms with Crippen LogP contribution in [0.2, 0.25) is 5.02 Å². The number of benzene rings is 2. The zero-order valence-electron chi connectivity index (χ0n) is 14.7. The van der Waals surface area contributed by atoms with Gasteiger partial charge in [0.25, 0.3) is 0 Å². The number of rotatable bonds is 5. The van der Waals surface area contributed by atoms with E-state index < -0.39 is 23.3 Å². The van der Waals surface area contributed by atoms with E-state index >= 15 is 0 Å². The lowest BCUT2D eigenvalue weighted by molar-refractivity contribution is -0.142. The van der Waals surface area contributed by atoms with Gasteiger partial charge in [0.1, 0.15) is 0 Å². The Morgan fingerprint density at radius 3 is 2.37 bits per heavy atom. The molecular weight excluding hydrogens is 364 g/mol. The van der Waals surface area contributed by atoms with Crippen LogP contribution < -0.4 is 0 Å². The predicted octanol–water partition coefficient (Wildman–Crippen LogP) is 4.70. The fourth-order valence-electron chi connectivity index (χ4n) is 3.58. The predicted molar refractivity (Wildman–Crippen MR) is 105 cm³/mol. The van der Waals surface area contributed by atoms with Gasteiger partial charge in [0.05, 0.1) is 11.5 Å². The highest BCUT2D eigenvalue weighted by molar-refractivity contribution is 6.30. The Morgan fingerprint density at radius 2 is 1.78 bits per heavy atom. The summed E-state index contributed by atoms with van der Waals surface area (Å²) in [6, 6.07) is 16.5. The van der Waals surface area contributed by atoms with Crippen LogP contribution in [-0.2, 0) is 16.0 Å². The van der Waals surface area contributed by atoms with Crippen LogP contribution in [0.5, 0.6) is 0 Å². The second kappa shape index (κ2) is 7.41. The first-order valence-corrected chi connectivity index (χ1v) is 8.89. The molecule has 0 radical (unpaired) electrons. The van der Waals surface area contributed by atoms with Crippen LogP contribution in [0, 0.1) is 11.3 Å². The minimum Gasteiger partial charge on any atom is -0.481 e. The number of halogens is 1. The summed E-state index contributed by atoms with van der Waals surface area (Å²) in [5.41, 5.74) is 1.32. The van der Waals surface area contributed by atoms with Crippen molar-refractivity contribution in [3.05, 3.63) is 88.5 Å². The number of hydrogen-bond donors (Lipinski definition) is 2. The highest BCUT2D eigenvalue weighted by Gasteiger charge is 2.41. The fraction of sp³-hybridized carbons (Fsp3) is 0.182. The molecule has 0 saturated carbocycles. The Morgan fingerprint density at radius 1 is 1.07 bits per heavy atom. The van der Waals surface area contributed by atoms with Gasteiger partial charge in [0.15, 0.2) is 0 Å². The molecule has 27 heavy (non-hydrogen) atoms. The second-order valence-electron chi connectivity index (χ2n) is 6.94. The third-order valence-electron chi connectivity index (χ3n) is 4.87. The van der Waals surface area contributed by atoms with Gasteiger partial charge in [-0.05, 0) is 35.3 Å². The molecule has 0 saturated heterocycles. The number of allylic oxidation sites excluding steroid dienone is 1. The monoisotopic (exact) mass is 382 g/mol. The summed E-state index contributed by atoms with van der Waals surface area (Å²) in [4.78, 5) is 23.8. The average Bonchev–Trinajstić information content (AvgIpc) is 2.61. The van der Waals surface area contributed by atoms with Crippen LogP contribution in [0.15, 0.2) is 72.3 Å². The molecular formula is C22H19ClO4. The molecule has 2 aromatic carbocycles. The van der Waals surface area contributed by atoms with Gasteiger partial charge in [0.2, 0.25) is 0 Å². The molecule has 3 rings (SSSR count). The lowest BCUT2D eigenvalue weighted by Gasteiger charge is -2.36. The maximum absolute atomic E-state index is 11.9. The molecule has 0 fully saturated rings. The summed E-state index contributed by atoms with van der Waals surface area (Å²) in [5, 5.41) is 19.9. The standard InChI is InChI=1S/C22H19ClO4/c1-22(12-14-6-3-2-4-7-14)13-18(15-8-5-9-16(23)10-15)17(20(24)25)11-19(22)21(26)27/h2-11,13,19H,12H2,1H3,(H,24,25)(H,26,27). The first-order chi connectivity index (χ1) is 12.8. The molecule has 0 aromatic heterocycles. The molecule has 0 heterocycles. The molecule has 138 valence electrons. The van der Waals surface area contributed by atoms with Crippen LogP contribution in [-0.4, -0.2) is 22.2 Å². The topological polar surface area (TPSA) is 74.6 Å². The van der Waals surface area contributed by atoms with E-state index in [1.165, 1.54) is 6.08 Å². The Kier molecular flexibility index (Phi) is 5.19. The van der Waals surface area contributed by atoms with Gasteiger partial charge in [-0.25, -0.2) is 4.79 Å². The Hall–Kier alpha value is -2.85. The first-order valence-electron chi connectivity index (χ1n) is 8.51. The van der Waals surface area contributed by atoms with Crippen LogP contribution in [0.25, 0.3) is 5.57 Å². The van der Waals surface area contributed by atoms with Gasteiger partial charge in [-0.1, -0.05) is 73.1 Å². The van der Waals surface area contributed by atoms with Gasteiger partial charge in [-0.2, -0.15) is 0 Å². The maximum Gasteiger partial charge on any atom is 0.336 e. The van der Waals surface area contributed by atoms with Gasteiger partial charge < -0.3 is 10.2 Å². The molecule has 2 aromatic rings. The van der Waals surface area contributed by atoms with Crippen molar-refractivity contribution in [2.45, 2.75) is 13.3 Å². The summed E-state index contributed by atoms with van der Waals surface area (Å²) >= 11 is 6.08. The lowest BCUT2D eigenvalue weighted by Crippen LogP contribution is -2.36. The Balaban J connectivity index is 2.15. The zero-order chi connectivity index (χ0) is 19.6. The van der Waals surface area contributed by atoms with Crippen molar-refractivity contribution in [1.29, 1.82) is 0 Å². The van der Waals surface area contributed by atoms with E-state index in [1.807, 2.05) is 37.3 Å². The maximum atomic E-state index is 11.9. The van der Waals surface area contributed by atoms with Gasteiger partial charge >= 0.3 is 11.9 Å². The van der Waals surface area contributed by atoms with E-state index in [2.05, 4.69) is 0 Å². The van der Waals surface area contributed by atoms with Crippen molar-refractivity contribution in [3.63, 3.8) is 0 Å². The molecule has 2 N–H and O–H groups in total. The fourth-order valence-corrected chi connectivity index (χ4v) is 3.77. The molecule has 2 atom stereocenters. The number of carboxylic acids is 2. The van der Waals surface area contributed by atoms with Gasteiger partial charge in [-0.15, -0.1) is 0 Å². The largest absolute Gasteiger partial charge is 0.481 e. The minimum absolute atomic E-state index is 0.0183. The SMILES string of the molecule is CC1(Cc2ccccc2)C=C(c2cccc(Cl)c2)C(C(=O)O)=CC1C(=O)O. The highest BCUT2D eigenvalue weighted by atomic mass is 35.5. The van der Waals surface area contributed by atoms with Crippen molar-refractivity contribution in [2.75, 3.05) is 0 Å². The third-order valence-corrected chi connectivity index (χ3v) is 5.10. The highest BCUT2D eigenvalue weighted by Crippen LogP contribution is 2.44. The van der Waals surface area contributed by atoms with Crippen molar-refractivity contribution in [1.82, 2.24) is 0 Å². The summed E-state index contributed by atoms with van der Waals surface area (Å²) in [6.45, 7) is 1.85. The Bertz CT molecular complexity index is 946. The molecule has 5 heteroatoms. The van der Waals surface area contributed by atoms with E-state index in [1.54, 1.807) is 30.3 Å². The quantitative estimate of drug-likeness (QED) is 0.786. The molecule has 0 spiro atoms. The molecule has 0 bridgehead atoms. The van der Waals surface area contributed by atoms with E-state index in [9.17, 15) is 19.8 Å². The summed E-state index contributed by atoms with van der Waals surface area (Å²) < 4.78 is 0. The van der Waals surface area contributed by atoms with Crippen molar-refractivity contribution in [3.8, 4) is 0 Å². The lowest BCUT2D eigenvalue weighted by atomic mass is 9.67. The average molecular weight is 383 g/mol. The summed E-state index contributed by atoms with van der Waals surface area (Å²) in [6.07, 6.45) is 3.59. The summed E-state index contributed by atoms with van der Waals surface area (Å²) in [7, 11) is 0. The van der Waals surface area contributed by atoms with Crippen molar-refractivity contribution >= 4 is 29.1 Å².